The summed E-state index contributed by atoms with van der Waals surface area (Å²) in [4.78, 5) is 0. The molecule has 0 spiro atoms. The van der Waals surface area contributed by atoms with Crippen molar-refractivity contribution in [1.82, 2.24) is 5.32 Å². The van der Waals surface area contributed by atoms with Crippen LogP contribution in [-0.4, -0.2) is 12.6 Å². The van der Waals surface area contributed by atoms with Crippen LogP contribution in [0.3, 0.4) is 0 Å². The molecule has 0 aliphatic heterocycles. The van der Waals surface area contributed by atoms with E-state index in [1.165, 1.54) is 19.3 Å². The highest BCUT2D eigenvalue weighted by atomic mass is 14.9. The smallest absolute Gasteiger partial charge is 0.0127 e. The topological polar surface area (TPSA) is 12.0 Å². The first-order valence-corrected chi connectivity index (χ1v) is 6.21. The highest BCUT2D eigenvalue weighted by Crippen LogP contribution is 2.27. The Kier molecular flexibility index (Phi) is 7.52. The van der Waals surface area contributed by atoms with Crippen molar-refractivity contribution < 1.29 is 0 Å². The lowest BCUT2D eigenvalue weighted by Crippen LogP contribution is -2.41. The van der Waals surface area contributed by atoms with Gasteiger partial charge in [0.05, 0.1) is 0 Å². The third-order valence-corrected chi connectivity index (χ3v) is 3.23. The van der Waals surface area contributed by atoms with Gasteiger partial charge in [-0.2, -0.15) is 0 Å². The van der Waals surface area contributed by atoms with Gasteiger partial charge >= 0.3 is 0 Å². The SMILES string of the molecule is CC#CCCC(NCCC)C(C)(C)CC. The predicted molar refractivity (Wildman–Crippen MR) is 68.8 cm³/mol. The van der Waals surface area contributed by atoms with Gasteiger partial charge in [0.2, 0.25) is 0 Å². The molecule has 0 heterocycles. The van der Waals surface area contributed by atoms with Crippen molar-refractivity contribution in [3.05, 3.63) is 0 Å². The lowest BCUT2D eigenvalue weighted by Gasteiger charge is -2.34. The van der Waals surface area contributed by atoms with Crippen molar-refractivity contribution in [2.75, 3.05) is 6.54 Å². The van der Waals surface area contributed by atoms with Gasteiger partial charge in [-0.1, -0.05) is 27.7 Å². The molecule has 1 N–H and O–H groups in total. The highest BCUT2D eigenvalue weighted by Gasteiger charge is 2.26. The van der Waals surface area contributed by atoms with Crippen molar-refractivity contribution >= 4 is 0 Å². The Hall–Kier alpha value is -0.480. The zero-order chi connectivity index (χ0) is 11.7. The zero-order valence-corrected chi connectivity index (χ0v) is 11.1. The minimum Gasteiger partial charge on any atom is -0.313 e. The van der Waals surface area contributed by atoms with E-state index < -0.39 is 0 Å². The van der Waals surface area contributed by atoms with E-state index in [4.69, 9.17) is 0 Å². The quantitative estimate of drug-likeness (QED) is 0.632. The molecule has 0 bridgehead atoms. The van der Waals surface area contributed by atoms with Gasteiger partial charge in [0.1, 0.15) is 0 Å². The fourth-order valence-corrected chi connectivity index (χ4v) is 1.68. The maximum absolute atomic E-state index is 3.65. The summed E-state index contributed by atoms with van der Waals surface area (Å²) in [7, 11) is 0. The molecule has 0 aliphatic rings. The third-order valence-electron chi connectivity index (χ3n) is 3.23. The molecule has 0 aromatic carbocycles. The number of hydrogen-bond acceptors (Lipinski definition) is 1. The first-order valence-electron chi connectivity index (χ1n) is 6.21. The Bertz CT molecular complexity index is 207. The van der Waals surface area contributed by atoms with Crippen molar-refractivity contribution in [2.24, 2.45) is 5.41 Å². The molecule has 0 radical (unpaired) electrons. The summed E-state index contributed by atoms with van der Waals surface area (Å²) in [5.41, 5.74) is 0.380. The molecule has 0 aliphatic carbocycles. The fraction of sp³-hybridized carbons (Fsp3) is 0.857. The average Bonchev–Trinajstić information content (AvgIpc) is 2.23. The van der Waals surface area contributed by atoms with Crippen LogP contribution in [0.4, 0.5) is 0 Å². The van der Waals surface area contributed by atoms with Crippen LogP contribution in [0.25, 0.3) is 0 Å². The lowest BCUT2D eigenvalue weighted by atomic mass is 9.79. The first kappa shape index (κ1) is 14.5. The molecule has 1 atom stereocenters. The molecule has 0 aromatic rings. The summed E-state index contributed by atoms with van der Waals surface area (Å²) in [6.07, 6.45) is 4.60. The van der Waals surface area contributed by atoms with Gasteiger partial charge in [0, 0.05) is 12.5 Å². The van der Waals surface area contributed by atoms with Gasteiger partial charge in [-0.05, 0) is 38.1 Å². The van der Waals surface area contributed by atoms with Crippen molar-refractivity contribution in [3.63, 3.8) is 0 Å². The summed E-state index contributed by atoms with van der Waals surface area (Å²) < 4.78 is 0. The molecular weight excluding hydrogens is 182 g/mol. The standard InChI is InChI=1S/C14H27N/c1-6-9-10-11-13(15-12-7-2)14(4,5)8-3/h13,15H,7-8,10-12H2,1-5H3. The Balaban J connectivity index is 4.21. The predicted octanol–water partition coefficient (Wildman–Crippen LogP) is 3.59. The molecule has 1 heteroatoms. The molecule has 1 unspecified atom stereocenters. The van der Waals surface area contributed by atoms with Crippen molar-refractivity contribution in [2.45, 2.75) is 66.3 Å². The first-order chi connectivity index (χ1) is 7.08. The van der Waals surface area contributed by atoms with E-state index in [-0.39, 0.29) is 0 Å². The van der Waals surface area contributed by atoms with Crippen molar-refractivity contribution in [3.8, 4) is 11.8 Å². The van der Waals surface area contributed by atoms with Crippen LogP contribution < -0.4 is 5.32 Å². The van der Waals surface area contributed by atoms with Crippen LogP contribution in [0.5, 0.6) is 0 Å². The van der Waals surface area contributed by atoms with E-state index in [1.54, 1.807) is 0 Å². The molecule has 0 rings (SSSR count). The second-order valence-corrected chi connectivity index (χ2v) is 4.81. The lowest BCUT2D eigenvalue weighted by molar-refractivity contribution is 0.222. The Morgan fingerprint density at radius 3 is 2.40 bits per heavy atom. The molecule has 0 saturated heterocycles. The van der Waals surface area contributed by atoms with E-state index in [1.807, 2.05) is 6.92 Å². The highest BCUT2D eigenvalue weighted by molar-refractivity contribution is 4.97. The van der Waals surface area contributed by atoms with Gasteiger partial charge in [-0.15, -0.1) is 11.8 Å². The Morgan fingerprint density at radius 1 is 1.27 bits per heavy atom. The Morgan fingerprint density at radius 2 is 1.93 bits per heavy atom. The largest absolute Gasteiger partial charge is 0.313 e. The minimum atomic E-state index is 0.380. The van der Waals surface area contributed by atoms with Crippen LogP contribution in [-0.2, 0) is 0 Å². The van der Waals surface area contributed by atoms with Crippen LogP contribution in [0.2, 0.25) is 0 Å². The van der Waals surface area contributed by atoms with E-state index in [9.17, 15) is 0 Å². The normalized spacial score (nSPS) is 13.1. The van der Waals surface area contributed by atoms with E-state index in [0.717, 1.165) is 13.0 Å². The summed E-state index contributed by atoms with van der Waals surface area (Å²) in [6, 6.07) is 0.600. The number of rotatable bonds is 7. The van der Waals surface area contributed by atoms with Crippen molar-refractivity contribution in [1.29, 1.82) is 0 Å². The second-order valence-electron chi connectivity index (χ2n) is 4.81. The average molecular weight is 209 g/mol. The molecule has 15 heavy (non-hydrogen) atoms. The summed E-state index contributed by atoms with van der Waals surface area (Å²) >= 11 is 0. The van der Waals surface area contributed by atoms with E-state index >= 15 is 0 Å². The minimum absolute atomic E-state index is 0.380. The summed E-state index contributed by atoms with van der Waals surface area (Å²) in [5.74, 6) is 6.13. The maximum Gasteiger partial charge on any atom is 0.0127 e. The second kappa shape index (κ2) is 7.77. The van der Waals surface area contributed by atoms with E-state index in [2.05, 4.69) is 44.9 Å². The summed E-state index contributed by atoms with van der Waals surface area (Å²) in [6.45, 7) is 12.2. The van der Waals surface area contributed by atoms with Gasteiger partial charge < -0.3 is 5.32 Å². The maximum atomic E-state index is 3.65. The monoisotopic (exact) mass is 209 g/mol. The van der Waals surface area contributed by atoms with Gasteiger partial charge in [-0.25, -0.2) is 0 Å². The number of hydrogen-bond donors (Lipinski definition) is 1. The molecule has 1 nitrogen and oxygen atoms in total. The number of nitrogens with one attached hydrogen (secondary N) is 1. The third kappa shape index (κ3) is 5.85. The molecule has 0 aromatic heterocycles. The molecule has 0 amide bonds. The van der Waals surface area contributed by atoms with Crippen LogP contribution >= 0.6 is 0 Å². The van der Waals surface area contributed by atoms with Crippen LogP contribution in [0.1, 0.15) is 60.3 Å². The molecule has 88 valence electrons. The molecule has 0 saturated carbocycles. The van der Waals surface area contributed by atoms with Gasteiger partial charge in [0.15, 0.2) is 0 Å². The molecule has 0 fully saturated rings. The Labute approximate surface area is 96.0 Å². The summed E-state index contributed by atoms with van der Waals surface area (Å²) in [5, 5.41) is 3.65. The fourth-order valence-electron chi connectivity index (χ4n) is 1.68. The van der Waals surface area contributed by atoms with Gasteiger partial charge in [0.25, 0.3) is 0 Å². The zero-order valence-electron chi connectivity index (χ0n) is 11.1. The molecular formula is C14H27N. The van der Waals surface area contributed by atoms with Crippen LogP contribution in [0.15, 0.2) is 0 Å². The van der Waals surface area contributed by atoms with Gasteiger partial charge in [-0.3, -0.25) is 0 Å². The van der Waals surface area contributed by atoms with Crippen LogP contribution in [0, 0.1) is 17.3 Å². The van der Waals surface area contributed by atoms with E-state index in [0.29, 0.717) is 11.5 Å².